The summed E-state index contributed by atoms with van der Waals surface area (Å²) in [6.45, 7) is 6.98. The van der Waals surface area contributed by atoms with Crippen LogP contribution in [-0.4, -0.2) is 23.0 Å². The Labute approximate surface area is 97.8 Å². The van der Waals surface area contributed by atoms with Crippen molar-refractivity contribution < 1.29 is 14.3 Å². The molecular weight excluding hydrogens is 228 g/mol. The van der Waals surface area contributed by atoms with Gasteiger partial charge in [-0.1, -0.05) is 11.3 Å². The Morgan fingerprint density at radius 2 is 2.12 bits per heavy atom. The summed E-state index contributed by atoms with van der Waals surface area (Å²) in [6.07, 6.45) is 1.17. The number of carbonyl (C=O) groups is 1. The van der Waals surface area contributed by atoms with E-state index in [-0.39, 0.29) is 0 Å². The quantitative estimate of drug-likeness (QED) is 0.862. The Kier molecular flexibility index (Phi) is 3.64. The second-order valence-electron chi connectivity index (χ2n) is 4.16. The zero-order valence-electron chi connectivity index (χ0n) is 9.58. The van der Waals surface area contributed by atoms with E-state index in [0.717, 1.165) is 11.3 Å². The molecule has 1 aromatic heterocycles. The van der Waals surface area contributed by atoms with Crippen molar-refractivity contribution in [3.05, 3.63) is 10.6 Å². The molecule has 6 heteroatoms. The lowest BCUT2D eigenvalue weighted by molar-refractivity contribution is 0.0636. The molecule has 0 aromatic carbocycles. The van der Waals surface area contributed by atoms with Gasteiger partial charge in [0.1, 0.15) is 10.5 Å². The van der Waals surface area contributed by atoms with E-state index in [1.807, 2.05) is 0 Å². The van der Waals surface area contributed by atoms with Crippen LogP contribution < -0.4 is 5.32 Å². The van der Waals surface area contributed by atoms with Gasteiger partial charge in [0.05, 0.1) is 5.69 Å². The molecule has 0 spiro atoms. The van der Waals surface area contributed by atoms with Gasteiger partial charge in [0, 0.05) is 0 Å². The molecule has 1 heterocycles. The average molecular weight is 241 g/mol. The van der Waals surface area contributed by atoms with Gasteiger partial charge in [0.2, 0.25) is 6.29 Å². The standard InChI is InChI=1S/C10H13N2O3S/c1-6-7(5-13)16-8(11-6)12-9(14)15-10(2,3)4/h1-4H3,(H,11,12,14). The van der Waals surface area contributed by atoms with Gasteiger partial charge in [-0.15, -0.1) is 0 Å². The Balaban J connectivity index is 2.66. The number of nitrogens with zero attached hydrogens (tertiary/aromatic N) is 1. The maximum absolute atomic E-state index is 11.4. The minimum Gasteiger partial charge on any atom is -0.444 e. The highest BCUT2D eigenvalue weighted by atomic mass is 32.1. The number of hydrogen-bond acceptors (Lipinski definition) is 5. The molecule has 0 unspecified atom stereocenters. The van der Waals surface area contributed by atoms with Crippen LogP contribution in [0.5, 0.6) is 0 Å². The monoisotopic (exact) mass is 241 g/mol. The SMILES string of the molecule is Cc1nc(NC(=O)OC(C)(C)C)sc1[C]=O. The van der Waals surface area contributed by atoms with Gasteiger partial charge in [0.25, 0.3) is 0 Å². The number of hydrogen-bond donors (Lipinski definition) is 1. The van der Waals surface area contributed by atoms with Gasteiger partial charge in [-0.25, -0.2) is 9.78 Å². The van der Waals surface area contributed by atoms with Crippen LogP contribution in [0.25, 0.3) is 0 Å². The summed E-state index contributed by atoms with van der Waals surface area (Å²) in [5.74, 6) is 0. The molecule has 0 fully saturated rings. The van der Waals surface area contributed by atoms with Crippen LogP contribution in [0.3, 0.4) is 0 Å². The summed E-state index contributed by atoms with van der Waals surface area (Å²) in [6, 6.07) is 0. The Bertz CT molecular complexity index is 407. The molecule has 0 atom stereocenters. The Hall–Kier alpha value is -1.43. The molecule has 16 heavy (non-hydrogen) atoms. The molecule has 1 radical (unpaired) electrons. The zero-order chi connectivity index (χ0) is 12.3. The Morgan fingerprint density at radius 1 is 1.50 bits per heavy atom. The number of carbonyl (C=O) groups excluding carboxylic acids is 2. The summed E-state index contributed by atoms with van der Waals surface area (Å²) in [7, 11) is 0. The molecule has 1 N–H and O–H groups in total. The van der Waals surface area contributed by atoms with Gasteiger partial charge >= 0.3 is 6.09 Å². The first-order chi connectivity index (χ1) is 7.31. The van der Waals surface area contributed by atoms with Crippen molar-refractivity contribution in [3.8, 4) is 0 Å². The smallest absolute Gasteiger partial charge is 0.413 e. The van der Waals surface area contributed by atoms with Crippen molar-refractivity contribution in [1.29, 1.82) is 0 Å². The van der Waals surface area contributed by atoms with E-state index in [9.17, 15) is 9.59 Å². The van der Waals surface area contributed by atoms with Crippen LogP contribution in [-0.2, 0) is 9.53 Å². The number of rotatable bonds is 2. The molecule has 0 aliphatic rings. The number of ether oxygens (including phenoxy) is 1. The van der Waals surface area contributed by atoms with Crippen LogP contribution in [0, 0.1) is 6.92 Å². The number of amides is 1. The van der Waals surface area contributed by atoms with Crippen molar-refractivity contribution in [2.45, 2.75) is 33.3 Å². The van der Waals surface area contributed by atoms with Crippen molar-refractivity contribution >= 4 is 28.8 Å². The zero-order valence-corrected chi connectivity index (χ0v) is 10.4. The summed E-state index contributed by atoms with van der Waals surface area (Å²) >= 11 is 1.07. The number of aromatic nitrogens is 1. The number of nitrogens with one attached hydrogen (secondary N) is 1. The second kappa shape index (κ2) is 4.61. The lowest BCUT2D eigenvalue weighted by Crippen LogP contribution is -2.27. The minimum absolute atomic E-state index is 0.338. The highest BCUT2D eigenvalue weighted by molar-refractivity contribution is 7.17. The van der Waals surface area contributed by atoms with E-state index in [4.69, 9.17) is 4.74 Å². The molecule has 0 saturated carbocycles. The lowest BCUT2D eigenvalue weighted by atomic mass is 10.2. The van der Waals surface area contributed by atoms with Gasteiger partial charge in [-0.05, 0) is 27.7 Å². The van der Waals surface area contributed by atoms with Gasteiger partial charge in [0.15, 0.2) is 5.13 Å². The van der Waals surface area contributed by atoms with E-state index in [2.05, 4.69) is 10.3 Å². The van der Waals surface area contributed by atoms with Gasteiger partial charge in [-0.3, -0.25) is 10.1 Å². The molecule has 5 nitrogen and oxygen atoms in total. The van der Waals surface area contributed by atoms with E-state index in [1.54, 1.807) is 34.0 Å². The summed E-state index contributed by atoms with van der Waals surface area (Å²) in [4.78, 5) is 26.2. The summed E-state index contributed by atoms with van der Waals surface area (Å²) in [5, 5.41) is 2.80. The van der Waals surface area contributed by atoms with Crippen LogP contribution >= 0.6 is 11.3 Å². The largest absolute Gasteiger partial charge is 0.444 e. The number of thiazole rings is 1. The van der Waals surface area contributed by atoms with Crippen LogP contribution in [0.2, 0.25) is 0 Å². The first-order valence-electron chi connectivity index (χ1n) is 4.67. The van der Waals surface area contributed by atoms with E-state index < -0.39 is 11.7 Å². The molecule has 1 amide bonds. The Morgan fingerprint density at radius 3 is 2.56 bits per heavy atom. The molecule has 1 rings (SSSR count). The molecule has 1 aromatic rings. The van der Waals surface area contributed by atoms with E-state index >= 15 is 0 Å². The molecule has 0 aliphatic carbocycles. The molecule has 87 valence electrons. The third kappa shape index (κ3) is 3.62. The van der Waals surface area contributed by atoms with Gasteiger partial charge in [-0.2, -0.15) is 0 Å². The fraction of sp³-hybridized carbons (Fsp3) is 0.500. The van der Waals surface area contributed by atoms with E-state index in [0.29, 0.717) is 15.7 Å². The van der Waals surface area contributed by atoms with Crippen molar-refractivity contribution in [2.75, 3.05) is 5.32 Å². The average Bonchev–Trinajstić information content (AvgIpc) is 2.42. The highest BCUT2D eigenvalue weighted by Crippen LogP contribution is 2.21. The molecular formula is C10H13N2O3S. The minimum atomic E-state index is -0.585. The highest BCUT2D eigenvalue weighted by Gasteiger charge is 2.17. The molecule has 0 saturated heterocycles. The topological polar surface area (TPSA) is 68.3 Å². The van der Waals surface area contributed by atoms with E-state index in [1.165, 1.54) is 0 Å². The second-order valence-corrected chi connectivity index (χ2v) is 5.16. The number of anilines is 1. The van der Waals surface area contributed by atoms with Crippen molar-refractivity contribution in [3.63, 3.8) is 0 Å². The third-order valence-corrected chi connectivity index (χ3v) is 2.47. The van der Waals surface area contributed by atoms with Crippen LogP contribution in [0.4, 0.5) is 9.93 Å². The predicted molar refractivity (Wildman–Crippen MR) is 61.5 cm³/mol. The normalized spacial score (nSPS) is 11.0. The van der Waals surface area contributed by atoms with Crippen molar-refractivity contribution in [2.24, 2.45) is 0 Å². The molecule has 0 aliphatic heterocycles. The first-order valence-corrected chi connectivity index (χ1v) is 5.49. The van der Waals surface area contributed by atoms with Crippen LogP contribution in [0.15, 0.2) is 0 Å². The maximum Gasteiger partial charge on any atom is 0.413 e. The third-order valence-electron chi connectivity index (χ3n) is 1.50. The van der Waals surface area contributed by atoms with Crippen molar-refractivity contribution in [1.82, 2.24) is 4.98 Å². The van der Waals surface area contributed by atoms with Gasteiger partial charge < -0.3 is 4.74 Å². The lowest BCUT2D eigenvalue weighted by Gasteiger charge is -2.18. The summed E-state index contributed by atoms with van der Waals surface area (Å²) < 4.78 is 5.04. The predicted octanol–water partition coefficient (Wildman–Crippen LogP) is 2.26. The fourth-order valence-electron chi connectivity index (χ4n) is 0.936. The first kappa shape index (κ1) is 12.6. The molecule has 0 bridgehead atoms. The fourth-order valence-corrected chi connectivity index (χ4v) is 1.68. The maximum atomic E-state index is 11.4. The summed E-state index contributed by atoms with van der Waals surface area (Å²) in [5.41, 5.74) is -0.0122. The number of aryl methyl sites for hydroxylation is 1. The van der Waals surface area contributed by atoms with Crippen LogP contribution in [0.1, 0.15) is 31.3 Å².